The molecule has 110 valence electrons. The fourth-order valence-corrected chi connectivity index (χ4v) is 2.42. The van der Waals surface area contributed by atoms with E-state index in [1.807, 2.05) is 19.2 Å². The molecule has 0 heterocycles. The average molecular weight is 276 g/mol. The minimum atomic E-state index is -0.835. The number of carboxylic acid groups (broad SMARTS) is 1. The maximum absolute atomic E-state index is 11.5. The van der Waals surface area contributed by atoms with E-state index in [1.54, 1.807) is 6.92 Å². The SMILES string of the molecule is Cc1ccccc1N(C)CCC(C)(NC1CC1)C(=O)O. The Kier molecular flexibility index (Phi) is 4.33. The van der Waals surface area contributed by atoms with E-state index in [4.69, 9.17) is 0 Å². The number of rotatable bonds is 7. The summed E-state index contributed by atoms with van der Waals surface area (Å²) in [5.74, 6) is -0.761. The minimum Gasteiger partial charge on any atom is -0.480 e. The molecule has 1 aliphatic rings. The lowest BCUT2D eigenvalue weighted by atomic mass is 9.97. The normalized spacial score (nSPS) is 17.6. The van der Waals surface area contributed by atoms with Gasteiger partial charge in [0.05, 0.1) is 0 Å². The second-order valence-corrected chi connectivity index (χ2v) is 6.01. The van der Waals surface area contributed by atoms with Crippen LogP contribution in [0, 0.1) is 6.92 Å². The van der Waals surface area contributed by atoms with Crippen LogP contribution in [0.25, 0.3) is 0 Å². The first kappa shape index (κ1) is 14.9. The molecule has 20 heavy (non-hydrogen) atoms. The first-order chi connectivity index (χ1) is 9.42. The molecule has 0 saturated heterocycles. The van der Waals surface area contributed by atoms with E-state index in [-0.39, 0.29) is 0 Å². The molecular formula is C16H24N2O2. The zero-order valence-corrected chi connectivity index (χ0v) is 12.5. The summed E-state index contributed by atoms with van der Waals surface area (Å²) >= 11 is 0. The van der Waals surface area contributed by atoms with Crippen molar-refractivity contribution in [2.24, 2.45) is 0 Å². The predicted octanol–water partition coefficient (Wildman–Crippen LogP) is 2.42. The van der Waals surface area contributed by atoms with Crippen molar-refractivity contribution in [2.45, 2.75) is 44.7 Å². The van der Waals surface area contributed by atoms with Gasteiger partial charge in [-0.25, -0.2) is 0 Å². The Labute approximate surface area is 120 Å². The molecule has 1 unspecified atom stereocenters. The molecule has 4 heteroatoms. The number of nitrogens with zero attached hydrogens (tertiary/aromatic N) is 1. The van der Waals surface area contributed by atoms with Crippen LogP contribution in [0.5, 0.6) is 0 Å². The minimum absolute atomic E-state index is 0.389. The summed E-state index contributed by atoms with van der Waals surface area (Å²) in [6.07, 6.45) is 2.77. The Morgan fingerprint density at radius 1 is 1.45 bits per heavy atom. The molecule has 0 spiro atoms. The highest BCUT2D eigenvalue weighted by atomic mass is 16.4. The van der Waals surface area contributed by atoms with Crippen molar-refractivity contribution in [3.05, 3.63) is 29.8 Å². The summed E-state index contributed by atoms with van der Waals surface area (Å²) in [6, 6.07) is 8.56. The number of hydrogen-bond donors (Lipinski definition) is 2. The third-order valence-corrected chi connectivity index (χ3v) is 4.05. The summed E-state index contributed by atoms with van der Waals surface area (Å²) < 4.78 is 0. The number of anilines is 1. The van der Waals surface area contributed by atoms with Crippen molar-refractivity contribution in [3.63, 3.8) is 0 Å². The van der Waals surface area contributed by atoms with Crippen LogP contribution in [-0.4, -0.2) is 36.2 Å². The molecule has 1 atom stereocenters. The molecule has 2 rings (SSSR count). The second kappa shape index (κ2) is 5.83. The Hall–Kier alpha value is -1.55. The largest absolute Gasteiger partial charge is 0.480 e. The molecule has 0 bridgehead atoms. The van der Waals surface area contributed by atoms with E-state index in [0.717, 1.165) is 18.5 Å². The Morgan fingerprint density at radius 2 is 2.10 bits per heavy atom. The van der Waals surface area contributed by atoms with E-state index < -0.39 is 11.5 Å². The summed E-state index contributed by atoms with van der Waals surface area (Å²) in [7, 11) is 2.02. The van der Waals surface area contributed by atoms with Crippen molar-refractivity contribution in [2.75, 3.05) is 18.5 Å². The van der Waals surface area contributed by atoms with Gasteiger partial charge in [-0.05, 0) is 44.7 Å². The molecule has 0 amide bonds. The molecule has 1 saturated carbocycles. The van der Waals surface area contributed by atoms with Gasteiger partial charge in [0.25, 0.3) is 0 Å². The fraction of sp³-hybridized carbons (Fsp3) is 0.562. The summed E-state index contributed by atoms with van der Waals surface area (Å²) in [4.78, 5) is 13.6. The van der Waals surface area contributed by atoms with Crippen LogP contribution in [0.1, 0.15) is 31.7 Å². The Bertz CT molecular complexity index is 485. The monoisotopic (exact) mass is 276 g/mol. The average Bonchev–Trinajstić information content (AvgIpc) is 3.20. The molecule has 2 N–H and O–H groups in total. The topological polar surface area (TPSA) is 52.6 Å². The van der Waals surface area contributed by atoms with Gasteiger partial charge in [-0.2, -0.15) is 0 Å². The van der Waals surface area contributed by atoms with Gasteiger partial charge in [-0.1, -0.05) is 18.2 Å². The Morgan fingerprint density at radius 3 is 2.65 bits per heavy atom. The van der Waals surface area contributed by atoms with E-state index in [2.05, 4.69) is 29.3 Å². The summed E-state index contributed by atoms with van der Waals surface area (Å²) in [6.45, 7) is 4.58. The van der Waals surface area contributed by atoms with Crippen molar-refractivity contribution in [1.82, 2.24) is 5.32 Å². The molecule has 0 aliphatic heterocycles. The number of aryl methyl sites for hydroxylation is 1. The smallest absolute Gasteiger partial charge is 0.323 e. The van der Waals surface area contributed by atoms with Crippen molar-refractivity contribution in [1.29, 1.82) is 0 Å². The molecule has 0 radical (unpaired) electrons. The second-order valence-electron chi connectivity index (χ2n) is 6.01. The quantitative estimate of drug-likeness (QED) is 0.803. The zero-order valence-electron chi connectivity index (χ0n) is 12.5. The molecular weight excluding hydrogens is 252 g/mol. The van der Waals surface area contributed by atoms with E-state index in [9.17, 15) is 9.90 Å². The van der Waals surface area contributed by atoms with Gasteiger partial charge in [0.15, 0.2) is 0 Å². The first-order valence-electron chi connectivity index (χ1n) is 7.20. The van der Waals surface area contributed by atoms with Crippen LogP contribution in [0.2, 0.25) is 0 Å². The Balaban J connectivity index is 1.98. The third-order valence-electron chi connectivity index (χ3n) is 4.05. The van der Waals surface area contributed by atoms with Crippen LogP contribution in [0.15, 0.2) is 24.3 Å². The highest BCUT2D eigenvalue weighted by Crippen LogP contribution is 2.25. The highest BCUT2D eigenvalue weighted by molar-refractivity contribution is 5.78. The van der Waals surface area contributed by atoms with Crippen molar-refractivity contribution >= 4 is 11.7 Å². The van der Waals surface area contributed by atoms with Gasteiger partial charge in [0.1, 0.15) is 5.54 Å². The molecule has 1 aliphatic carbocycles. The van der Waals surface area contributed by atoms with Gasteiger partial charge in [-0.15, -0.1) is 0 Å². The number of para-hydroxylation sites is 1. The van der Waals surface area contributed by atoms with E-state index in [1.165, 1.54) is 5.56 Å². The number of benzene rings is 1. The molecule has 1 aromatic rings. The van der Waals surface area contributed by atoms with Crippen molar-refractivity contribution in [3.8, 4) is 0 Å². The van der Waals surface area contributed by atoms with Crippen LogP contribution < -0.4 is 10.2 Å². The zero-order chi connectivity index (χ0) is 14.8. The van der Waals surface area contributed by atoms with Crippen molar-refractivity contribution < 1.29 is 9.90 Å². The molecule has 1 aromatic carbocycles. The number of carbonyl (C=O) groups is 1. The van der Waals surface area contributed by atoms with Crippen LogP contribution in [0.4, 0.5) is 5.69 Å². The van der Waals surface area contributed by atoms with E-state index >= 15 is 0 Å². The molecule has 1 fully saturated rings. The molecule has 4 nitrogen and oxygen atoms in total. The van der Waals surface area contributed by atoms with Gasteiger partial charge >= 0.3 is 5.97 Å². The number of carboxylic acids is 1. The summed E-state index contributed by atoms with van der Waals surface area (Å²) in [5.41, 5.74) is 1.53. The third kappa shape index (κ3) is 3.51. The highest BCUT2D eigenvalue weighted by Gasteiger charge is 2.38. The van der Waals surface area contributed by atoms with Gasteiger partial charge in [0, 0.05) is 25.3 Å². The number of nitrogens with one attached hydrogen (secondary N) is 1. The lowest BCUT2D eigenvalue weighted by Crippen LogP contribution is -2.52. The number of hydrogen-bond acceptors (Lipinski definition) is 3. The maximum atomic E-state index is 11.5. The summed E-state index contributed by atoms with van der Waals surface area (Å²) in [5, 5.41) is 12.7. The van der Waals surface area contributed by atoms with Gasteiger partial charge < -0.3 is 10.0 Å². The fourth-order valence-electron chi connectivity index (χ4n) is 2.42. The number of aliphatic carboxylic acids is 1. The van der Waals surface area contributed by atoms with Crippen LogP contribution >= 0.6 is 0 Å². The van der Waals surface area contributed by atoms with Crippen LogP contribution in [-0.2, 0) is 4.79 Å². The lowest BCUT2D eigenvalue weighted by molar-refractivity contribution is -0.144. The van der Waals surface area contributed by atoms with Crippen LogP contribution in [0.3, 0.4) is 0 Å². The van der Waals surface area contributed by atoms with Gasteiger partial charge in [-0.3, -0.25) is 10.1 Å². The molecule has 0 aromatic heterocycles. The lowest BCUT2D eigenvalue weighted by Gasteiger charge is -2.30. The predicted molar refractivity (Wildman–Crippen MR) is 81.3 cm³/mol. The standard InChI is InChI=1S/C16H24N2O2/c1-12-6-4-5-7-14(12)18(3)11-10-16(2,15(19)20)17-13-8-9-13/h4-7,13,17H,8-11H2,1-3H3,(H,19,20). The van der Waals surface area contributed by atoms with Gasteiger partial charge in [0.2, 0.25) is 0 Å². The van der Waals surface area contributed by atoms with E-state index in [0.29, 0.717) is 19.0 Å². The maximum Gasteiger partial charge on any atom is 0.323 e. The first-order valence-corrected chi connectivity index (χ1v) is 7.20.